The Morgan fingerprint density at radius 1 is 1.14 bits per heavy atom. The second kappa shape index (κ2) is 6.15. The summed E-state index contributed by atoms with van der Waals surface area (Å²) in [6.45, 7) is 4.02. The van der Waals surface area contributed by atoms with Crippen LogP contribution in [0.15, 0.2) is 36.7 Å². The van der Waals surface area contributed by atoms with E-state index in [2.05, 4.69) is 9.97 Å². The van der Waals surface area contributed by atoms with E-state index in [1.807, 2.05) is 50.3 Å². The normalized spacial score (nSPS) is 11.2. The molecule has 2 aromatic heterocycles. The molecule has 0 atom stereocenters. The number of rotatable bonds is 4. The molecule has 0 fully saturated rings. The van der Waals surface area contributed by atoms with Crippen LogP contribution in [0, 0.1) is 6.92 Å². The molecule has 0 aliphatic heterocycles. The van der Waals surface area contributed by atoms with Crippen LogP contribution in [-0.4, -0.2) is 17.1 Å². The van der Waals surface area contributed by atoms with Gasteiger partial charge in [0.05, 0.1) is 12.5 Å². The van der Waals surface area contributed by atoms with Gasteiger partial charge in [-0.1, -0.05) is 18.2 Å². The molecule has 0 spiro atoms. The molecule has 1 aromatic carbocycles. The molecule has 0 unspecified atom stereocenters. The van der Waals surface area contributed by atoms with Gasteiger partial charge in [0.1, 0.15) is 11.2 Å². The number of hydrogen-bond acceptors (Lipinski definition) is 5. The van der Waals surface area contributed by atoms with Crippen molar-refractivity contribution in [2.45, 2.75) is 13.8 Å². The van der Waals surface area contributed by atoms with Crippen LogP contribution in [0.4, 0.5) is 0 Å². The molecule has 112 valence electrons. The van der Waals surface area contributed by atoms with Gasteiger partial charge in [0, 0.05) is 4.88 Å². The maximum atomic E-state index is 5.97. The lowest BCUT2D eigenvalue weighted by atomic mass is 10.2. The highest BCUT2D eigenvalue weighted by atomic mass is 32.1. The quantitative estimate of drug-likeness (QED) is 0.692. The van der Waals surface area contributed by atoms with E-state index >= 15 is 0 Å². The molecule has 0 radical (unpaired) electrons. The van der Waals surface area contributed by atoms with E-state index in [4.69, 9.17) is 9.47 Å². The standard InChI is InChI=1S/C17H16N2O2S/c1-4-5-12-6-7-14(15(9-12)20-3)21-16-13-8-11(2)22-17(13)19-10-18-16/h4-10H,1-3H3/b5-4+. The van der Waals surface area contributed by atoms with Crippen LogP contribution in [0.1, 0.15) is 17.4 Å². The summed E-state index contributed by atoms with van der Waals surface area (Å²) in [6.07, 6.45) is 5.52. The molecule has 0 saturated carbocycles. The summed E-state index contributed by atoms with van der Waals surface area (Å²) in [6, 6.07) is 7.85. The van der Waals surface area contributed by atoms with Gasteiger partial charge in [-0.2, -0.15) is 0 Å². The fourth-order valence-corrected chi connectivity index (χ4v) is 3.04. The average Bonchev–Trinajstić information content (AvgIpc) is 2.90. The van der Waals surface area contributed by atoms with Gasteiger partial charge >= 0.3 is 0 Å². The van der Waals surface area contributed by atoms with Crippen LogP contribution in [0.2, 0.25) is 0 Å². The van der Waals surface area contributed by atoms with Gasteiger partial charge in [0.2, 0.25) is 5.88 Å². The largest absolute Gasteiger partial charge is 0.493 e. The van der Waals surface area contributed by atoms with E-state index in [0.29, 0.717) is 17.4 Å². The van der Waals surface area contributed by atoms with Crippen LogP contribution >= 0.6 is 11.3 Å². The van der Waals surface area contributed by atoms with Gasteiger partial charge < -0.3 is 9.47 Å². The second-order valence-electron chi connectivity index (χ2n) is 4.77. The van der Waals surface area contributed by atoms with Gasteiger partial charge in [-0.3, -0.25) is 0 Å². The molecule has 0 amide bonds. The van der Waals surface area contributed by atoms with Crippen LogP contribution in [0.3, 0.4) is 0 Å². The van der Waals surface area contributed by atoms with Crippen LogP contribution in [0.5, 0.6) is 17.4 Å². The summed E-state index contributed by atoms with van der Waals surface area (Å²) in [4.78, 5) is 10.6. The number of allylic oxidation sites excluding steroid dienone is 1. The Kier molecular flexibility index (Phi) is 4.06. The van der Waals surface area contributed by atoms with Gasteiger partial charge in [-0.25, -0.2) is 9.97 Å². The monoisotopic (exact) mass is 312 g/mol. The number of nitrogens with zero attached hydrogens (tertiary/aromatic N) is 2. The first-order valence-corrected chi connectivity index (χ1v) is 7.72. The molecule has 0 N–H and O–H groups in total. The van der Waals surface area contributed by atoms with Gasteiger partial charge in [-0.15, -0.1) is 11.3 Å². The maximum absolute atomic E-state index is 5.97. The number of ether oxygens (including phenoxy) is 2. The number of aryl methyl sites for hydroxylation is 1. The maximum Gasteiger partial charge on any atom is 0.231 e. The molecule has 0 aliphatic carbocycles. The zero-order valence-electron chi connectivity index (χ0n) is 12.7. The van der Waals surface area contributed by atoms with Crippen molar-refractivity contribution in [1.82, 2.24) is 9.97 Å². The molecular formula is C17H16N2O2S. The smallest absolute Gasteiger partial charge is 0.231 e. The van der Waals surface area contributed by atoms with Crippen molar-refractivity contribution >= 4 is 27.6 Å². The fraction of sp³-hybridized carbons (Fsp3) is 0.176. The van der Waals surface area contributed by atoms with Gasteiger partial charge in [0.15, 0.2) is 11.5 Å². The highest BCUT2D eigenvalue weighted by molar-refractivity contribution is 7.18. The number of hydrogen-bond donors (Lipinski definition) is 0. The minimum absolute atomic E-state index is 0.548. The number of methoxy groups -OCH3 is 1. The summed E-state index contributed by atoms with van der Waals surface area (Å²) in [5.74, 6) is 1.86. The molecule has 22 heavy (non-hydrogen) atoms. The lowest BCUT2D eigenvalue weighted by Crippen LogP contribution is -1.93. The molecule has 3 aromatic rings. The number of benzene rings is 1. The van der Waals surface area contributed by atoms with Crippen molar-refractivity contribution in [3.05, 3.63) is 47.1 Å². The van der Waals surface area contributed by atoms with Crippen LogP contribution < -0.4 is 9.47 Å². The van der Waals surface area contributed by atoms with Crippen LogP contribution in [0.25, 0.3) is 16.3 Å². The lowest BCUT2D eigenvalue weighted by molar-refractivity contribution is 0.375. The zero-order valence-corrected chi connectivity index (χ0v) is 13.5. The SMILES string of the molecule is C/C=C/c1ccc(Oc2ncnc3sc(C)cc23)c(OC)c1. The predicted molar refractivity (Wildman–Crippen MR) is 89.9 cm³/mol. The van der Waals surface area contributed by atoms with E-state index in [-0.39, 0.29) is 0 Å². The topological polar surface area (TPSA) is 44.2 Å². The summed E-state index contributed by atoms with van der Waals surface area (Å²) in [5.41, 5.74) is 1.06. The second-order valence-corrected chi connectivity index (χ2v) is 6.00. The first-order valence-electron chi connectivity index (χ1n) is 6.91. The van der Waals surface area contributed by atoms with Crippen molar-refractivity contribution in [2.75, 3.05) is 7.11 Å². The summed E-state index contributed by atoms with van der Waals surface area (Å²) in [5, 5.41) is 0.921. The third-order valence-electron chi connectivity index (χ3n) is 3.17. The molecule has 0 aliphatic rings. The van der Waals surface area contributed by atoms with Gasteiger partial charge in [0.25, 0.3) is 0 Å². The van der Waals surface area contributed by atoms with Crippen molar-refractivity contribution in [2.24, 2.45) is 0 Å². The number of aromatic nitrogens is 2. The number of thiophene rings is 1. The Morgan fingerprint density at radius 2 is 2.00 bits per heavy atom. The van der Waals surface area contributed by atoms with Crippen LogP contribution in [-0.2, 0) is 0 Å². The highest BCUT2D eigenvalue weighted by Crippen LogP contribution is 2.36. The van der Waals surface area contributed by atoms with E-state index in [1.165, 1.54) is 11.2 Å². The summed E-state index contributed by atoms with van der Waals surface area (Å²) >= 11 is 1.62. The molecule has 2 heterocycles. The minimum Gasteiger partial charge on any atom is -0.493 e. The van der Waals surface area contributed by atoms with Gasteiger partial charge in [-0.05, 0) is 37.6 Å². The minimum atomic E-state index is 0.548. The number of fused-ring (bicyclic) bond motifs is 1. The Bertz CT molecular complexity index is 840. The van der Waals surface area contributed by atoms with E-state index in [1.54, 1.807) is 18.4 Å². The van der Waals surface area contributed by atoms with E-state index < -0.39 is 0 Å². The third kappa shape index (κ3) is 2.80. The highest BCUT2D eigenvalue weighted by Gasteiger charge is 2.12. The molecule has 0 bridgehead atoms. The molecule has 4 nitrogen and oxygen atoms in total. The molecule has 3 rings (SSSR count). The fourth-order valence-electron chi connectivity index (χ4n) is 2.20. The Labute approximate surface area is 133 Å². The Balaban J connectivity index is 2.01. The zero-order chi connectivity index (χ0) is 15.5. The van der Waals surface area contributed by atoms with Crippen molar-refractivity contribution in [3.8, 4) is 17.4 Å². The van der Waals surface area contributed by atoms with Crippen molar-refractivity contribution < 1.29 is 9.47 Å². The third-order valence-corrected chi connectivity index (χ3v) is 4.13. The first kappa shape index (κ1) is 14.5. The van der Waals surface area contributed by atoms with Crippen molar-refractivity contribution in [1.29, 1.82) is 0 Å². The average molecular weight is 312 g/mol. The Morgan fingerprint density at radius 3 is 2.77 bits per heavy atom. The Hall–Kier alpha value is -2.40. The molecule has 5 heteroatoms. The van der Waals surface area contributed by atoms with E-state index in [9.17, 15) is 0 Å². The van der Waals surface area contributed by atoms with E-state index in [0.717, 1.165) is 15.8 Å². The summed E-state index contributed by atoms with van der Waals surface area (Å²) in [7, 11) is 1.63. The predicted octanol–water partition coefficient (Wildman–Crippen LogP) is 4.83. The van der Waals surface area contributed by atoms with Crippen molar-refractivity contribution in [3.63, 3.8) is 0 Å². The molecule has 0 saturated heterocycles. The summed E-state index contributed by atoms with van der Waals surface area (Å²) < 4.78 is 11.4. The molecular weight excluding hydrogens is 296 g/mol. The lowest BCUT2D eigenvalue weighted by Gasteiger charge is -2.10. The first-order chi connectivity index (χ1) is 10.7.